The highest BCUT2D eigenvalue weighted by atomic mass is 19.1. The Morgan fingerprint density at radius 3 is 2.58 bits per heavy atom. The molecule has 166 valence electrons. The first kappa shape index (κ1) is 21.5. The zero-order valence-electron chi connectivity index (χ0n) is 18.4. The van der Waals surface area contributed by atoms with Crippen LogP contribution in [-0.4, -0.2) is 58.0 Å². The normalized spacial score (nSPS) is 21.2. The highest BCUT2D eigenvalue weighted by Gasteiger charge is 2.45. The lowest BCUT2D eigenvalue weighted by atomic mass is 9.72. The van der Waals surface area contributed by atoms with Gasteiger partial charge in [-0.1, -0.05) is 18.2 Å². The standard InChI is InChI=1S/C24H31FN4O2/c1-17-15-26-27-22(17)20-7-5-11-29(16-20)23(31)24(9-12-28(13-10-24)18(2)30)14-19-6-3-4-8-21(19)25/h3-4,6,8,15,20H,5,7,9-14,16H2,1-2H3,(H,26,27)/t20-/m1/s1. The molecular weight excluding hydrogens is 395 g/mol. The van der Waals surface area contributed by atoms with Crippen LogP contribution in [0.25, 0.3) is 0 Å². The van der Waals surface area contributed by atoms with Gasteiger partial charge < -0.3 is 9.80 Å². The van der Waals surface area contributed by atoms with Crippen molar-refractivity contribution >= 4 is 11.8 Å². The summed E-state index contributed by atoms with van der Waals surface area (Å²) in [6.45, 7) is 6.04. The first-order valence-corrected chi connectivity index (χ1v) is 11.2. The smallest absolute Gasteiger partial charge is 0.229 e. The van der Waals surface area contributed by atoms with E-state index in [1.807, 2.05) is 24.1 Å². The largest absolute Gasteiger partial charge is 0.343 e. The van der Waals surface area contributed by atoms with Gasteiger partial charge in [-0.3, -0.25) is 14.7 Å². The number of hydrogen-bond acceptors (Lipinski definition) is 3. The second kappa shape index (κ2) is 8.81. The summed E-state index contributed by atoms with van der Waals surface area (Å²) in [5.41, 5.74) is 2.12. The third kappa shape index (κ3) is 4.36. The van der Waals surface area contributed by atoms with Crippen molar-refractivity contribution in [1.82, 2.24) is 20.0 Å². The van der Waals surface area contributed by atoms with Crippen LogP contribution in [0.5, 0.6) is 0 Å². The number of carbonyl (C=O) groups excluding carboxylic acids is 2. The van der Waals surface area contributed by atoms with E-state index in [-0.39, 0.29) is 23.5 Å². The number of benzene rings is 1. The van der Waals surface area contributed by atoms with Gasteiger partial charge in [-0.15, -0.1) is 0 Å². The zero-order valence-corrected chi connectivity index (χ0v) is 18.4. The van der Waals surface area contributed by atoms with Crippen molar-refractivity contribution in [2.45, 2.75) is 51.9 Å². The summed E-state index contributed by atoms with van der Waals surface area (Å²) in [5, 5.41) is 7.26. The van der Waals surface area contributed by atoms with E-state index in [1.165, 1.54) is 6.07 Å². The Balaban J connectivity index is 1.58. The maximum Gasteiger partial charge on any atom is 0.229 e. The minimum absolute atomic E-state index is 0.0275. The van der Waals surface area contributed by atoms with Gasteiger partial charge in [-0.25, -0.2) is 4.39 Å². The summed E-state index contributed by atoms with van der Waals surface area (Å²) in [4.78, 5) is 29.6. The van der Waals surface area contributed by atoms with E-state index in [4.69, 9.17) is 0 Å². The lowest BCUT2D eigenvalue weighted by Gasteiger charge is -2.45. The Labute approximate surface area is 182 Å². The van der Waals surface area contributed by atoms with Crippen molar-refractivity contribution in [3.05, 3.63) is 53.1 Å². The molecule has 0 aliphatic carbocycles. The van der Waals surface area contributed by atoms with E-state index in [0.29, 0.717) is 44.5 Å². The maximum atomic E-state index is 14.5. The van der Waals surface area contributed by atoms with Crippen LogP contribution >= 0.6 is 0 Å². The van der Waals surface area contributed by atoms with Gasteiger partial charge in [0.2, 0.25) is 11.8 Å². The molecule has 0 bridgehead atoms. The molecule has 0 radical (unpaired) electrons. The monoisotopic (exact) mass is 426 g/mol. The number of nitrogens with zero attached hydrogens (tertiary/aromatic N) is 3. The molecule has 7 heteroatoms. The molecule has 1 aromatic carbocycles. The quantitative estimate of drug-likeness (QED) is 0.814. The number of halogens is 1. The first-order valence-electron chi connectivity index (χ1n) is 11.2. The van der Waals surface area contributed by atoms with Crippen LogP contribution in [0.15, 0.2) is 30.5 Å². The zero-order chi connectivity index (χ0) is 22.0. The minimum atomic E-state index is -0.681. The maximum absolute atomic E-state index is 14.5. The van der Waals surface area contributed by atoms with E-state index in [9.17, 15) is 14.0 Å². The molecule has 0 unspecified atom stereocenters. The molecule has 1 aromatic heterocycles. The number of likely N-dealkylation sites (tertiary alicyclic amines) is 2. The van der Waals surface area contributed by atoms with Crippen LogP contribution in [0.3, 0.4) is 0 Å². The molecule has 31 heavy (non-hydrogen) atoms. The van der Waals surface area contributed by atoms with Crippen molar-refractivity contribution in [2.75, 3.05) is 26.2 Å². The van der Waals surface area contributed by atoms with Gasteiger partial charge in [0, 0.05) is 44.7 Å². The van der Waals surface area contributed by atoms with Gasteiger partial charge in [0.15, 0.2) is 0 Å². The molecule has 4 rings (SSSR count). The fourth-order valence-corrected chi connectivity index (χ4v) is 5.22. The Morgan fingerprint density at radius 1 is 1.19 bits per heavy atom. The molecule has 2 aliphatic heterocycles. The van der Waals surface area contributed by atoms with Crippen LogP contribution in [0.1, 0.15) is 55.3 Å². The molecular formula is C24H31FN4O2. The Morgan fingerprint density at radius 2 is 1.94 bits per heavy atom. The highest BCUT2D eigenvalue weighted by molar-refractivity contribution is 5.84. The highest BCUT2D eigenvalue weighted by Crippen LogP contribution is 2.39. The number of aromatic nitrogens is 2. The number of hydrogen-bond donors (Lipinski definition) is 1. The Bertz CT molecular complexity index is 949. The molecule has 2 aromatic rings. The van der Waals surface area contributed by atoms with Crippen LogP contribution in [0.4, 0.5) is 4.39 Å². The minimum Gasteiger partial charge on any atom is -0.343 e. The third-order valence-corrected chi connectivity index (χ3v) is 7.09. The summed E-state index contributed by atoms with van der Waals surface area (Å²) in [7, 11) is 0. The predicted molar refractivity (Wildman–Crippen MR) is 116 cm³/mol. The summed E-state index contributed by atoms with van der Waals surface area (Å²) < 4.78 is 14.5. The van der Waals surface area contributed by atoms with Gasteiger partial charge in [0.1, 0.15) is 5.82 Å². The van der Waals surface area contributed by atoms with E-state index in [2.05, 4.69) is 10.2 Å². The van der Waals surface area contributed by atoms with Crippen LogP contribution in [0, 0.1) is 18.2 Å². The summed E-state index contributed by atoms with van der Waals surface area (Å²) in [5.74, 6) is 0.0943. The molecule has 6 nitrogen and oxygen atoms in total. The molecule has 1 atom stereocenters. The van der Waals surface area contributed by atoms with Crippen LogP contribution in [0.2, 0.25) is 0 Å². The number of aromatic amines is 1. The number of amides is 2. The number of nitrogens with one attached hydrogen (secondary N) is 1. The molecule has 1 N–H and O–H groups in total. The molecule has 0 saturated carbocycles. The second-order valence-electron chi connectivity index (χ2n) is 9.11. The SMILES string of the molecule is CC(=O)N1CCC(Cc2ccccc2F)(C(=O)N2CCC[C@@H](c3[nH]ncc3C)C2)CC1. The van der Waals surface area contributed by atoms with Crippen molar-refractivity contribution in [1.29, 1.82) is 0 Å². The molecule has 3 heterocycles. The number of H-pyrrole nitrogens is 1. The van der Waals surface area contributed by atoms with Crippen molar-refractivity contribution in [2.24, 2.45) is 5.41 Å². The van der Waals surface area contributed by atoms with Gasteiger partial charge in [-0.05, 0) is 56.2 Å². The Hall–Kier alpha value is -2.70. The summed E-state index contributed by atoms with van der Waals surface area (Å²) >= 11 is 0. The summed E-state index contributed by atoms with van der Waals surface area (Å²) in [6, 6.07) is 6.72. The van der Waals surface area contributed by atoms with Gasteiger partial charge in [0.25, 0.3) is 0 Å². The van der Waals surface area contributed by atoms with Crippen molar-refractivity contribution in [3.8, 4) is 0 Å². The molecule has 2 aliphatic rings. The lowest BCUT2D eigenvalue weighted by Crippen LogP contribution is -2.54. The van der Waals surface area contributed by atoms with E-state index in [0.717, 1.165) is 30.6 Å². The van der Waals surface area contributed by atoms with Crippen LogP contribution in [-0.2, 0) is 16.0 Å². The number of piperidine rings is 2. The average Bonchev–Trinajstić information content (AvgIpc) is 3.21. The van der Waals surface area contributed by atoms with E-state index in [1.54, 1.807) is 24.0 Å². The van der Waals surface area contributed by atoms with E-state index < -0.39 is 5.41 Å². The predicted octanol–water partition coefficient (Wildman–Crippen LogP) is 3.43. The second-order valence-corrected chi connectivity index (χ2v) is 9.11. The molecule has 2 saturated heterocycles. The van der Waals surface area contributed by atoms with Gasteiger partial charge in [-0.2, -0.15) is 5.10 Å². The molecule has 0 spiro atoms. The first-order chi connectivity index (χ1) is 14.9. The third-order valence-electron chi connectivity index (χ3n) is 7.09. The Kier molecular flexibility index (Phi) is 6.12. The number of aryl methyl sites for hydroxylation is 1. The number of carbonyl (C=O) groups is 2. The van der Waals surface area contributed by atoms with Gasteiger partial charge in [0.05, 0.1) is 11.6 Å². The van der Waals surface area contributed by atoms with E-state index >= 15 is 0 Å². The fraction of sp³-hybridized carbons (Fsp3) is 0.542. The van der Waals surface area contributed by atoms with Crippen molar-refractivity contribution < 1.29 is 14.0 Å². The summed E-state index contributed by atoms with van der Waals surface area (Å²) in [6.07, 6.45) is 5.27. The number of rotatable bonds is 4. The van der Waals surface area contributed by atoms with Gasteiger partial charge >= 0.3 is 0 Å². The lowest BCUT2D eigenvalue weighted by molar-refractivity contribution is -0.149. The topological polar surface area (TPSA) is 69.3 Å². The van der Waals surface area contributed by atoms with Crippen molar-refractivity contribution in [3.63, 3.8) is 0 Å². The molecule has 2 fully saturated rings. The average molecular weight is 427 g/mol. The molecule has 2 amide bonds. The fourth-order valence-electron chi connectivity index (χ4n) is 5.22. The van der Waals surface area contributed by atoms with Crippen LogP contribution < -0.4 is 0 Å².